The Labute approximate surface area is 246 Å². The third kappa shape index (κ3) is 6.81. The maximum Gasteiger partial charge on any atom is 0.254 e. The van der Waals surface area contributed by atoms with Crippen molar-refractivity contribution in [3.8, 4) is 16.3 Å². The summed E-state index contributed by atoms with van der Waals surface area (Å²) in [5.74, 6) is 0.598. The first-order valence-electron chi connectivity index (χ1n) is 14.7. The zero-order valence-electron chi connectivity index (χ0n) is 24.4. The van der Waals surface area contributed by atoms with Gasteiger partial charge < -0.3 is 24.8 Å². The second-order valence-corrected chi connectivity index (χ2v) is 12.5. The van der Waals surface area contributed by atoms with E-state index in [0.717, 1.165) is 54.0 Å². The molecule has 4 heterocycles. The van der Waals surface area contributed by atoms with Gasteiger partial charge in [0.1, 0.15) is 12.0 Å². The zero-order valence-corrected chi connectivity index (χ0v) is 25.2. The molecule has 0 saturated carbocycles. The molecular formula is C31H41N5O4S. The van der Waals surface area contributed by atoms with Crippen molar-refractivity contribution in [2.75, 3.05) is 26.2 Å². The van der Waals surface area contributed by atoms with Crippen molar-refractivity contribution < 1.29 is 18.8 Å². The first-order valence-corrected chi connectivity index (χ1v) is 15.6. The molecule has 0 aliphatic carbocycles. The summed E-state index contributed by atoms with van der Waals surface area (Å²) in [6, 6.07) is 9.27. The molecule has 2 aliphatic rings. The summed E-state index contributed by atoms with van der Waals surface area (Å²) in [6.45, 7) is 11.1. The molecule has 0 bridgehead atoms. The summed E-state index contributed by atoms with van der Waals surface area (Å²) in [6.07, 6.45) is 3.58. The van der Waals surface area contributed by atoms with Gasteiger partial charge in [-0.15, -0.1) is 11.3 Å². The van der Waals surface area contributed by atoms with E-state index in [-0.39, 0.29) is 23.8 Å². The van der Waals surface area contributed by atoms with Crippen molar-refractivity contribution in [2.24, 2.45) is 11.8 Å². The lowest BCUT2D eigenvalue weighted by Gasteiger charge is -2.29. The van der Waals surface area contributed by atoms with Gasteiger partial charge in [0.25, 0.3) is 5.88 Å². The van der Waals surface area contributed by atoms with Crippen molar-refractivity contribution in [3.63, 3.8) is 0 Å². The van der Waals surface area contributed by atoms with Crippen LogP contribution in [0.3, 0.4) is 0 Å². The number of carbonyl (C=O) groups excluding carboxylic acids is 2. The molecule has 5 rings (SSSR count). The summed E-state index contributed by atoms with van der Waals surface area (Å²) >= 11 is 1.62. The van der Waals surface area contributed by atoms with Crippen molar-refractivity contribution in [2.45, 2.75) is 71.4 Å². The molecule has 2 aromatic heterocycles. The predicted molar refractivity (Wildman–Crippen MR) is 159 cm³/mol. The van der Waals surface area contributed by atoms with Crippen molar-refractivity contribution in [3.05, 3.63) is 52.9 Å². The van der Waals surface area contributed by atoms with Crippen LogP contribution in [0.15, 0.2) is 40.4 Å². The molecule has 0 spiro atoms. The number of aromatic nitrogens is 2. The van der Waals surface area contributed by atoms with Gasteiger partial charge in [0.05, 0.1) is 28.7 Å². The molecule has 41 heavy (non-hydrogen) atoms. The van der Waals surface area contributed by atoms with Crippen molar-refractivity contribution >= 4 is 23.2 Å². The first-order chi connectivity index (χ1) is 19.8. The number of carbonyl (C=O) groups is 2. The third-order valence-electron chi connectivity index (χ3n) is 8.29. The Balaban J connectivity index is 1.21. The highest BCUT2D eigenvalue weighted by Crippen LogP contribution is 2.33. The van der Waals surface area contributed by atoms with Gasteiger partial charge in [-0.2, -0.15) is 0 Å². The number of rotatable bonds is 10. The fraction of sp³-hybridized carbons (Fsp3) is 0.548. The molecule has 2 aliphatic heterocycles. The van der Waals surface area contributed by atoms with E-state index in [9.17, 15) is 9.59 Å². The van der Waals surface area contributed by atoms with Crippen LogP contribution in [0, 0.1) is 18.8 Å². The number of piperidine rings is 1. The summed E-state index contributed by atoms with van der Waals surface area (Å²) in [5.41, 5.74) is 5.00. The second kappa shape index (κ2) is 13.2. The van der Waals surface area contributed by atoms with E-state index in [2.05, 4.69) is 32.9 Å². The van der Waals surface area contributed by atoms with E-state index in [1.807, 2.05) is 45.3 Å². The van der Waals surface area contributed by atoms with Crippen molar-refractivity contribution in [1.82, 2.24) is 25.7 Å². The molecular weight excluding hydrogens is 538 g/mol. The first kappa shape index (κ1) is 29.3. The molecule has 1 aromatic carbocycles. The summed E-state index contributed by atoms with van der Waals surface area (Å²) in [4.78, 5) is 34.5. The van der Waals surface area contributed by atoms with Gasteiger partial charge in [0, 0.05) is 12.6 Å². The van der Waals surface area contributed by atoms with E-state index in [1.54, 1.807) is 22.3 Å². The van der Waals surface area contributed by atoms with Gasteiger partial charge in [0.2, 0.25) is 11.8 Å². The molecule has 10 heteroatoms. The minimum absolute atomic E-state index is 0.0309. The Morgan fingerprint density at radius 3 is 2.61 bits per heavy atom. The SMILES string of the molecule is Cc1ncsc1-c1ccc(C(C)NC(=O)C2CCCN2C(=O)C(c2cc(OCC3CCNCC3)no2)C(C)C)cc1. The minimum Gasteiger partial charge on any atom is -0.475 e. The summed E-state index contributed by atoms with van der Waals surface area (Å²) < 4.78 is 11.5. The fourth-order valence-corrected chi connectivity index (χ4v) is 6.66. The number of thiazole rings is 1. The van der Waals surface area contributed by atoms with Gasteiger partial charge in [-0.3, -0.25) is 9.59 Å². The van der Waals surface area contributed by atoms with E-state index >= 15 is 0 Å². The van der Waals surface area contributed by atoms with Crippen LogP contribution in [0.4, 0.5) is 0 Å². The fourth-order valence-electron chi connectivity index (χ4n) is 5.85. The molecule has 9 nitrogen and oxygen atoms in total. The lowest BCUT2D eigenvalue weighted by Crippen LogP contribution is -2.48. The quantitative estimate of drug-likeness (QED) is 0.344. The smallest absolute Gasteiger partial charge is 0.254 e. The minimum atomic E-state index is -0.535. The van der Waals surface area contributed by atoms with Crippen LogP contribution in [-0.4, -0.2) is 59.1 Å². The Morgan fingerprint density at radius 1 is 1.17 bits per heavy atom. The zero-order chi connectivity index (χ0) is 28.9. The standard InChI is InChI=1S/C31H41N5O4S/c1-19(2)28(26-16-27(35-40-26)39-17-22-11-13-32-14-12-22)31(38)36-15-5-6-25(36)30(37)34-20(3)23-7-9-24(10-8-23)29-21(4)33-18-41-29/h7-10,16,18-20,22,25,28,32H,5-6,11-15,17H2,1-4H3,(H,34,37). The molecule has 2 fully saturated rings. The maximum absolute atomic E-state index is 13.9. The van der Waals surface area contributed by atoms with Crippen LogP contribution < -0.4 is 15.4 Å². The second-order valence-electron chi connectivity index (χ2n) is 11.6. The van der Waals surface area contributed by atoms with Crippen LogP contribution in [-0.2, 0) is 9.59 Å². The summed E-state index contributed by atoms with van der Waals surface area (Å²) in [7, 11) is 0. The highest BCUT2D eigenvalue weighted by atomic mass is 32.1. The molecule has 2 N–H and O–H groups in total. The molecule has 0 radical (unpaired) electrons. The molecule has 3 unspecified atom stereocenters. The molecule has 3 atom stereocenters. The van der Waals surface area contributed by atoms with Crippen LogP contribution in [0.1, 0.15) is 75.4 Å². The highest BCUT2D eigenvalue weighted by molar-refractivity contribution is 7.13. The number of hydrogen-bond acceptors (Lipinski definition) is 8. The highest BCUT2D eigenvalue weighted by Gasteiger charge is 2.40. The largest absolute Gasteiger partial charge is 0.475 e. The van der Waals surface area contributed by atoms with Gasteiger partial charge in [-0.1, -0.05) is 38.1 Å². The Kier molecular flexibility index (Phi) is 9.39. The van der Waals surface area contributed by atoms with Crippen LogP contribution >= 0.6 is 11.3 Å². The Morgan fingerprint density at radius 2 is 1.93 bits per heavy atom. The van der Waals surface area contributed by atoms with E-state index in [4.69, 9.17) is 9.26 Å². The average molecular weight is 580 g/mol. The maximum atomic E-state index is 13.9. The van der Waals surface area contributed by atoms with Gasteiger partial charge >= 0.3 is 0 Å². The van der Waals surface area contributed by atoms with Crippen molar-refractivity contribution in [1.29, 1.82) is 0 Å². The monoisotopic (exact) mass is 579 g/mol. The topological polar surface area (TPSA) is 110 Å². The Hall–Kier alpha value is -3.24. The van der Waals surface area contributed by atoms with Crippen LogP contribution in [0.2, 0.25) is 0 Å². The van der Waals surface area contributed by atoms with Gasteiger partial charge in [0.15, 0.2) is 5.76 Å². The number of benzene rings is 1. The predicted octanol–water partition coefficient (Wildman–Crippen LogP) is 5.09. The number of hydrogen-bond donors (Lipinski definition) is 2. The summed E-state index contributed by atoms with van der Waals surface area (Å²) in [5, 5.41) is 10.6. The molecule has 2 saturated heterocycles. The number of ether oxygens (including phenoxy) is 1. The Bertz CT molecular complexity index is 1310. The number of likely N-dealkylation sites (tertiary alicyclic amines) is 1. The molecule has 3 aromatic rings. The number of nitrogens with zero attached hydrogens (tertiary/aromatic N) is 3. The van der Waals surface area contributed by atoms with E-state index in [1.165, 1.54) is 0 Å². The van der Waals surface area contributed by atoms with Gasteiger partial charge in [-0.05, 0) is 80.7 Å². The lowest BCUT2D eigenvalue weighted by molar-refractivity contribution is -0.141. The van der Waals surface area contributed by atoms with Crippen LogP contribution in [0.25, 0.3) is 10.4 Å². The number of aryl methyl sites for hydroxylation is 1. The molecule has 220 valence electrons. The normalized spacial score (nSPS) is 19.3. The van der Waals surface area contributed by atoms with E-state index in [0.29, 0.717) is 37.1 Å². The average Bonchev–Trinajstić information content (AvgIpc) is 3.74. The molecule has 2 amide bonds. The number of amides is 2. The third-order valence-corrected chi connectivity index (χ3v) is 9.26. The lowest BCUT2D eigenvalue weighted by atomic mass is 9.91. The van der Waals surface area contributed by atoms with E-state index < -0.39 is 12.0 Å². The van der Waals surface area contributed by atoms with Gasteiger partial charge in [-0.25, -0.2) is 4.98 Å². The van der Waals surface area contributed by atoms with Crippen LogP contribution in [0.5, 0.6) is 5.88 Å². The number of nitrogens with one attached hydrogen (secondary N) is 2.